The highest BCUT2D eigenvalue weighted by Crippen LogP contribution is 2.24. The molecule has 0 saturated carbocycles. The molecule has 3 N–H and O–H groups in total. The molecule has 2 aromatic rings. The molecule has 2 rings (SSSR count). The van der Waals surface area contributed by atoms with Gasteiger partial charge in [0.05, 0.1) is 11.4 Å². The molecule has 1 unspecified atom stereocenters. The molecular weight excluding hydrogens is 288 g/mol. The molecule has 0 fully saturated rings. The molecule has 0 heterocycles. The predicted molar refractivity (Wildman–Crippen MR) is 81.9 cm³/mol. The van der Waals surface area contributed by atoms with E-state index in [2.05, 4.69) is 52.4 Å². The van der Waals surface area contributed by atoms with Gasteiger partial charge in [-0.15, -0.1) is 0 Å². The maximum Gasteiger partial charge on any atom is 0.0585 e. The van der Waals surface area contributed by atoms with Crippen molar-refractivity contribution in [3.05, 3.63) is 58.6 Å². The van der Waals surface area contributed by atoms with Crippen LogP contribution in [0.2, 0.25) is 0 Å². The Kier molecular flexibility index (Phi) is 4.26. The minimum Gasteiger partial charge on any atom is -0.397 e. The third kappa shape index (κ3) is 3.26. The van der Waals surface area contributed by atoms with Crippen molar-refractivity contribution in [2.45, 2.75) is 12.8 Å². The van der Waals surface area contributed by atoms with Crippen LogP contribution >= 0.6 is 15.9 Å². The molecule has 0 saturated heterocycles. The van der Waals surface area contributed by atoms with Gasteiger partial charge in [0.2, 0.25) is 0 Å². The number of hydrogen-bond donors (Lipinski definition) is 2. The second-order valence-corrected chi connectivity index (χ2v) is 5.34. The zero-order chi connectivity index (χ0) is 13.0. The highest BCUT2D eigenvalue weighted by atomic mass is 79.9. The molecule has 0 aliphatic carbocycles. The van der Waals surface area contributed by atoms with Crippen molar-refractivity contribution >= 4 is 27.3 Å². The summed E-state index contributed by atoms with van der Waals surface area (Å²) in [5.74, 6) is 0.449. The zero-order valence-corrected chi connectivity index (χ0v) is 11.9. The standard InChI is InChI=1S/C15H17BrN2/c1-11(12-5-3-2-4-6-12)10-18-15-9-13(16)7-8-14(15)17/h2-9,11,18H,10,17H2,1H3. The number of rotatable bonds is 4. The summed E-state index contributed by atoms with van der Waals surface area (Å²) in [5.41, 5.74) is 9.02. The lowest BCUT2D eigenvalue weighted by Crippen LogP contribution is -2.11. The van der Waals surface area contributed by atoms with E-state index < -0.39 is 0 Å². The van der Waals surface area contributed by atoms with Gasteiger partial charge in [-0.3, -0.25) is 0 Å². The average Bonchev–Trinajstić information content (AvgIpc) is 2.40. The van der Waals surface area contributed by atoms with Crippen LogP contribution in [0.5, 0.6) is 0 Å². The van der Waals surface area contributed by atoms with Gasteiger partial charge in [-0.25, -0.2) is 0 Å². The minimum atomic E-state index is 0.449. The van der Waals surface area contributed by atoms with Gasteiger partial charge in [0, 0.05) is 11.0 Å². The van der Waals surface area contributed by atoms with Gasteiger partial charge >= 0.3 is 0 Å². The molecular formula is C15H17BrN2. The molecule has 18 heavy (non-hydrogen) atoms. The molecule has 0 bridgehead atoms. The van der Waals surface area contributed by atoms with E-state index in [1.54, 1.807) is 0 Å². The summed E-state index contributed by atoms with van der Waals surface area (Å²) in [7, 11) is 0. The molecule has 0 aliphatic rings. The van der Waals surface area contributed by atoms with Crippen molar-refractivity contribution in [2.24, 2.45) is 0 Å². The van der Waals surface area contributed by atoms with Gasteiger partial charge in [0.1, 0.15) is 0 Å². The number of hydrogen-bond acceptors (Lipinski definition) is 2. The number of anilines is 2. The van der Waals surface area contributed by atoms with E-state index >= 15 is 0 Å². The Morgan fingerprint density at radius 3 is 2.61 bits per heavy atom. The molecule has 3 heteroatoms. The van der Waals surface area contributed by atoms with E-state index in [0.29, 0.717) is 5.92 Å². The van der Waals surface area contributed by atoms with Crippen molar-refractivity contribution in [3.63, 3.8) is 0 Å². The second-order valence-electron chi connectivity index (χ2n) is 4.42. The third-order valence-corrected chi connectivity index (χ3v) is 3.48. The van der Waals surface area contributed by atoms with Gasteiger partial charge in [0.15, 0.2) is 0 Å². The normalized spacial score (nSPS) is 12.1. The fourth-order valence-electron chi connectivity index (χ4n) is 1.84. The number of benzene rings is 2. The van der Waals surface area contributed by atoms with Crippen molar-refractivity contribution in [1.29, 1.82) is 0 Å². The Morgan fingerprint density at radius 2 is 1.89 bits per heavy atom. The van der Waals surface area contributed by atoms with Crippen molar-refractivity contribution in [3.8, 4) is 0 Å². The number of nitrogen functional groups attached to an aromatic ring is 1. The Bertz CT molecular complexity index is 511. The highest BCUT2D eigenvalue weighted by molar-refractivity contribution is 9.10. The average molecular weight is 305 g/mol. The Balaban J connectivity index is 2.01. The monoisotopic (exact) mass is 304 g/mol. The van der Waals surface area contributed by atoms with Gasteiger partial charge in [-0.1, -0.05) is 53.2 Å². The smallest absolute Gasteiger partial charge is 0.0585 e. The topological polar surface area (TPSA) is 38.0 Å². The fraction of sp³-hybridized carbons (Fsp3) is 0.200. The van der Waals surface area contributed by atoms with Crippen LogP contribution in [0.25, 0.3) is 0 Å². The van der Waals surface area contributed by atoms with Gasteiger partial charge in [-0.2, -0.15) is 0 Å². The maximum absolute atomic E-state index is 5.93. The Hall–Kier alpha value is -1.48. The first-order valence-corrected chi connectivity index (χ1v) is 6.80. The molecule has 1 atom stereocenters. The summed E-state index contributed by atoms with van der Waals surface area (Å²) in [6, 6.07) is 16.3. The Labute approximate surface area is 116 Å². The van der Waals surface area contributed by atoms with Crippen LogP contribution < -0.4 is 11.1 Å². The minimum absolute atomic E-state index is 0.449. The quantitative estimate of drug-likeness (QED) is 0.829. The summed E-state index contributed by atoms with van der Waals surface area (Å²) in [6.45, 7) is 3.07. The maximum atomic E-state index is 5.93. The van der Waals surface area contributed by atoms with Gasteiger partial charge in [0.25, 0.3) is 0 Å². The number of nitrogens with two attached hydrogens (primary N) is 1. The first-order chi connectivity index (χ1) is 8.66. The van der Waals surface area contributed by atoms with E-state index in [0.717, 1.165) is 22.4 Å². The van der Waals surface area contributed by atoms with Crippen LogP contribution in [0.4, 0.5) is 11.4 Å². The molecule has 2 aromatic carbocycles. The summed E-state index contributed by atoms with van der Waals surface area (Å²) >= 11 is 3.45. The Morgan fingerprint density at radius 1 is 1.17 bits per heavy atom. The van der Waals surface area contributed by atoms with Crippen LogP contribution in [0.3, 0.4) is 0 Å². The largest absolute Gasteiger partial charge is 0.397 e. The van der Waals surface area contributed by atoms with Crippen LogP contribution in [0.1, 0.15) is 18.4 Å². The SMILES string of the molecule is CC(CNc1cc(Br)ccc1N)c1ccccc1. The summed E-state index contributed by atoms with van der Waals surface area (Å²) in [6.07, 6.45) is 0. The van der Waals surface area contributed by atoms with Crippen LogP contribution in [-0.4, -0.2) is 6.54 Å². The van der Waals surface area contributed by atoms with E-state index in [4.69, 9.17) is 5.73 Å². The fourth-order valence-corrected chi connectivity index (χ4v) is 2.21. The summed E-state index contributed by atoms with van der Waals surface area (Å²) in [4.78, 5) is 0. The number of nitrogens with one attached hydrogen (secondary N) is 1. The lowest BCUT2D eigenvalue weighted by molar-refractivity contribution is 0.805. The molecule has 0 spiro atoms. The van der Waals surface area contributed by atoms with Gasteiger partial charge < -0.3 is 11.1 Å². The number of halogens is 1. The lowest BCUT2D eigenvalue weighted by atomic mass is 10.0. The lowest BCUT2D eigenvalue weighted by Gasteiger charge is -2.15. The molecule has 0 amide bonds. The molecule has 0 aliphatic heterocycles. The van der Waals surface area contributed by atoms with Crippen LogP contribution in [-0.2, 0) is 0 Å². The third-order valence-electron chi connectivity index (χ3n) is 2.98. The first kappa shape index (κ1) is 13.0. The van der Waals surface area contributed by atoms with E-state index in [1.165, 1.54) is 5.56 Å². The van der Waals surface area contributed by atoms with E-state index in [9.17, 15) is 0 Å². The second kappa shape index (κ2) is 5.91. The molecule has 0 aromatic heterocycles. The van der Waals surface area contributed by atoms with E-state index in [1.807, 2.05) is 24.3 Å². The highest BCUT2D eigenvalue weighted by Gasteiger charge is 2.06. The van der Waals surface area contributed by atoms with Crippen LogP contribution in [0, 0.1) is 0 Å². The summed E-state index contributed by atoms with van der Waals surface area (Å²) < 4.78 is 1.03. The van der Waals surface area contributed by atoms with Crippen molar-refractivity contribution in [2.75, 3.05) is 17.6 Å². The predicted octanol–water partition coefficient (Wildman–Crippen LogP) is 4.25. The molecule has 94 valence electrons. The molecule has 2 nitrogen and oxygen atoms in total. The first-order valence-electron chi connectivity index (χ1n) is 6.00. The van der Waals surface area contributed by atoms with Crippen LogP contribution in [0.15, 0.2) is 53.0 Å². The van der Waals surface area contributed by atoms with E-state index in [-0.39, 0.29) is 0 Å². The molecule has 0 radical (unpaired) electrons. The summed E-state index contributed by atoms with van der Waals surface area (Å²) in [5, 5.41) is 3.40. The van der Waals surface area contributed by atoms with Gasteiger partial charge in [-0.05, 0) is 29.7 Å². The zero-order valence-electron chi connectivity index (χ0n) is 10.4. The van der Waals surface area contributed by atoms with Crippen molar-refractivity contribution < 1.29 is 0 Å². The van der Waals surface area contributed by atoms with Crippen molar-refractivity contribution in [1.82, 2.24) is 0 Å².